The molecule has 10 heteroatoms. The fraction of sp³-hybridized carbons (Fsp3) is 0.176. The number of carbonyl (C=O) groups is 1. The van der Waals surface area contributed by atoms with Crippen molar-refractivity contribution in [1.29, 1.82) is 0 Å². The lowest BCUT2D eigenvalue weighted by Crippen LogP contribution is -2.18. The second-order valence-corrected chi connectivity index (χ2v) is 7.26. The van der Waals surface area contributed by atoms with E-state index in [0.29, 0.717) is 32.7 Å². The molecule has 1 amide bonds. The molecule has 27 heavy (non-hydrogen) atoms. The van der Waals surface area contributed by atoms with Gasteiger partial charge in [-0.2, -0.15) is 4.99 Å². The van der Waals surface area contributed by atoms with Crippen LogP contribution in [-0.2, 0) is 11.3 Å². The molecule has 0 aliphatic heterocycles. The van der Waals surface area contributed by atoms with Crippen molar-refractivity contribution in [3.63, 3.8) is 0 Å². The lowest BCUT2D eigenvalue weighted by molar-refractivity contribution is -0.384. The summed E-state index contributed by atoms with van der Waals surface area (Å²) in [5.41, 5.74) is 0.644. The highest BCUT2D eigenvalue weighted by Crippen LogP contribution is 2.27. The molecule has 0 saturated heterocycles. The second-order valence-electron chi connectivity index (χ2n) is 5.41. The Kier molecular flexibility index (Phi) is 5.79. The molecule has 3 rings (SSSR count). The predicted molar refractivity (Wildman–Crippen MR) is 105 cm³/mol. The topological polar surface area (TPSA) is 86.7 Å². The van der Waals surface area contributed by atoms with Crippen molar-refractivity contribution in [2.45, 2.75) is 13.5 Å². The maximum absolute atomic E-state index is 12.2. The number of nitrogens with zero attached hydrogens (tertiary/aromatic N) is 3. The third-order valence-corrected chi connectivity index (χ3v) is 5.25. The zero-order valence-electron chi connectivity index (χ0n) is 14.0. The number of rotatable bonds is 5. The average molecular weight is 426 g/mol. The molecule has 1 heterocycles. The molecule has 0 saturated carbocycles. The van der Waals surface area contributed by atoms with Crippen molar-refractivity contribution in [1.82, 2.24) is 4.57 Å². The first kappa shape index (κ1) is 19.3. The summed E-state index contributed by atoms with van der Waals surface area (Å²) < 4.78 is 7.95. The van der Waals surface area contributed by atoms with E-state index in [-0.39, 0.29) is 12.3 Å². The van der Waals surface area contributed by atoms with Gasteiger partial charge in [-0.05, 0) is 31.2 Å². The Morgan fingerprint density at radius 3 is 2.74 bits per heavy atom. The van der Waals surface area contributed by atoms with Gasteiger partial charge in [0.05, 0.1) is 20.2 Å². The molecule has 0 radical (unpaired) electrons. The summed E-state index contributed by atoms with van der Waals surface area (Å²) in [6.07, 6.45) is 0. The lowest BCUT2D eigenvalue weighted by Gasteiger charge is -2.05. The smallest absolute Gasteiger partial charge is 0.286 e. The van der Waals surface area contributed by atoms with Gasteiger partial charge in [0.1, 0.15) is 5.75 Å². The van der Waals surface area contributed by atoms with Gasteiger partial charge in [0.2, 0.25) is 0 Å². The van der Waals surface area contributed by atoms with Gasteiger partial charge in [-0.25, -0.2) is 0 Å². The van der Waals surface area contributed by atoms with Crippen LogP contribution in [0.15, 0.2) is 41.4 Å². The first-order valence-electron chi connectivity index (χ1n) is 7.82. The Morgan fingerprint density at radius 2 is 2.07 bits per heavy atom. The molecular formula is C17H13Cl2N3O4S. The van der Waals surface area contributed by atoms with E-state index < -0.39 is 10.8 Å². The van der Waals surface area contributed by atoms with E-state index >= 15 is 0 Å². The SMILES string of the molecule is CCn1c(=NC(=O)COc2ccc(Cl)cc2Cl)sc2ccc([N+](=O)[O-])cc21. The molecule has 0 aliphatic carbocycles. The van der Waals surface area contributed by atoms with Crippen molar-refractivity contribution >= 4 is 56.3 Å². The van der Waals surface area contributed by atoms with E-state index in [2.05, 4.69) is 4.99 Å². The number of amides is 1. The Hall–Kier alpha value is -2.42. The van der Waals surface area contributed by atoms with Gasteiger partial charge < -0.3 is 9.30 Å². The van der Waals surface area contributed by atoms with Crippen LogP contribution < -0.4 is 9.54 Å². The summed E-state index contributed by atoms with van der Waals surface area (Å²) in [4.78, 5) is 27.3. The number of non-ortho nitro benzene ring substituents is 1. The van der Waals surface area contributed by atoms with E-state index in [4.69, 9.17) is 27.9 Å². The molecular weight excluding hydrogens is 413 g/mol. The van der Waals surface area contributed by atoms with Crippen LogP contribution in [0, 0.1) is 10.1 Å². The first-order valence-corrected chi connectivity index (χ1v) is 9.39. The summed E-state index contributed by atoms with van der Waals surface area (Å²) in [5, 5.41) is 11.7. The zero-order valence-corrected chi connectivity index (χ0v) is 16.3. The number of fused-ring (bicyclic) bond motifs is 1. The zero-order chi connectivity index (χ0) is 19.6. The standard InChI is InChI=1S/C17H13Cl2N3O4S/c1-2-21-13-8-11(22(24)25)4-6-15(13)27-17(21)20-16(23)9-26-14-5-3-10(18)7-12(14)19/h3-8H,2,9H2,1H3. The average Bonchev–Trinajstić information content (AvgIpc) is 2.96. The summed E-state index contributed by atoms with van der Waals surface area (Å²) >= 11 is 13.1. The fourth-order valence-electron chi connectivity index (χ4n) is 2.43. The van der Waals surface area contributed by atoms with Crippen molar-refractivity contribution in [2.24, 2.45) is 4.99 Å². The van der Waals surface area contributed by atoms with Crippen molar-refractivity contribution in [3.8, 4) is 5.75 Å². The fourth-order valence-corrected chi connectivity index (χ4v) is 3.99. The van der Waals surface area contributed by atoms with E-state index in [1.54, 1.807) is 22.8 Å². The van der Waals surface area contributed by atoms with Crippen LogP contribution in [-0.4, -0.2) is 22.0 Å². The first-order chi connectivity index (χ1) is 12.9. The Labute approximate surface area is 167 Å². The number of aryl methyl sites for hydroxylation is 1. The summed E-state index contributed by atoms with van der Waals surface area (Å²) in [7, 11) is 0. The molecule has 0 bridgehead atoms. The van der Waals surface area contributed by atoms with Gasteiger partial charge in [0, 0.05) is 23.7 Å². The van der Waals surface area contributed by atoms with Crippen molar-refractivity contribution in [2.75, 3.05) is 6.61 Å². The number of aromatic nitrogens is 1. The van der Waals surface area contributed by atoms with Crippen molar-refractivity contribution in [3.05, 3.63) is 61.4 Å². The van der Waals surface area contributed by atoms with Crippen LogP contribution in [0.3, 0.4) is 0 Å². The number of halogens is 2. The molecule has 0 fully saturated rings. The highest BCUT2D eigenvalue weighted by molar-refractivity contribution is 7.16. The Balaban J connectivity index is 1.88. The van der Waals surface area contributed by atoms with Crippen LogP contribution in [0.25, 0.3) is 10.2 Å². The molecule has 2 aromatic carbocycles. The number of nitro groups is 1. The van der Waals surface area contributed by atoms with Crippen molar-refractivity contribution < 1.29 is 14.5 Å². The second kappa shape index (κ2) is 8.08. The van der Waals surface area contributed by atoms with Crippen LogP contribution >= 0.6 is 34.5 Å². The number of ether oxygens (including phenoxy) is 1. The minimum Gasteiger partial charge on any atom is -0.482 e. The van der Waals surface area contributed by atoms with E-state index in [1.165, 1.54) is 29.5 Å². The molecule has 0 spiro atoms. The Morgan fingerprint density at radius 1 is 1.30 bits per heavy atom. The van der Waals surface area contributed by atoms with Crippen LogP contribution in [0.2, 0.25) is 10.0 Å². The summed E-state index contributed by atoms with van der Waals surface area (Å²) in [6.45, 7) is 2.09. The van der Waals surface area contributed by atoms with Gasteiger partial charge >= 0.3 is 0 Å². The van der Waals surface area contributed by atoms with Crippen LogP contribution in [0.5, 0.6) is 5.75 Å². The van der Waals surface area contributed by atoms with Gasteiger partial charge in [0.25, 0.3) is 11.6 Å². The number of hydrogen-bond acceptors (Lipinski definition) is 5. The lowest BCUT2D eigenvalue weighted by atomic mass is 10.3. The maximum Gasteiger partial charge on any atom is 0.286 e. The maximum atomic E-state index is 12.2. The molecule has 1 aromatic heterocycles. The Bertz CT molecular complexity index is 1110. The van der Waals surface area contributed by atoms with E-state index in [1.807, 2.05) is 6.92 Å². The van der Waals surface area contributed by atoms with Gasteiger partial charge in [-0.3, -0.25) is 14.9 Å². The molecule has 3 aromatic rings. The summed E-state index contributed by atoms with van der Waals surface area (Å²) in [6, 6.07) is 9.25. The highest BCUT2D eigenvalue weighted by atomic mass is 35.5. The van der Waals surface area contributed by atoms with Gasteiger partial charge in [0.15, 0.2) is 11.4 Å². The quantitative estimate of drug-likeness (QED) is 0.446. The van der Waals surface area contributed by atoms with Gasteiger partial charge in [-0.1, -0.05) is 34.5 Å². The third kappa shape index (κ3) is 4.29. The van der Waals surface area contributed by atoms with Crippen LogP contribution in [0.1, 0.15) is 6.92 Å². The number of nitro benzene ring substituents is 1. The van der Waals surface area contributed by atoms with Gasteiger partial charge in [-0.15, -0.1) is 0 Å². The monoisotopic (exact) mass is 425 g/mol. The molecule has 0 N–H and O–H groups in total. The number of thiazole rings is 1. The van der Waals surface area contributed by atoms with Crippen LogP contribution in [0.4, 0.5) is 5.69 Å². The normalized spacial score (nSPS) is 11.7. The summed E-state index contributed by atoms with van der Waals surface area (Å²) in [5.74, 6) is -0.163. The number of carbonyl (C=O) groups excluding carboxylic acids is 1. The van der Waals surface area contributed by atoms with E-state index in [0.717, 1.165) is 4.70 Å². The largest absolute Gasteiger partial charge is 0.482 e. The highest BCUT2D eigenvalue weighted by Gasteiger charge is 2.12. The molecule has 0 atom stereocenters. The minimum absolute atomic E-state index is 0.0129. The number of benzene rings is 2. The predicted octanol–water partition coefficient (Wildman–Crippen LogP) is 4.44. The van der Waals surface area contributed by atoms with E-state index in [9.17, 15) is 14.9 Å². The molecule has 0 unspecified atom stereocenters. The third-order valence-electron chi connectivity index (χ3n) is 3.66. The molecule has 0 aliphatic rings. The minimum atomic E-state index is -0.496. The molecule has 7 nitrogen and oxygen atoms in total. The number of hydrogen-bond donors (Lipinski definition) is 0. The molecule has 140 valence electrons.